The molecule has 1 aromatic carbocycles. The molecule has 1 heterocycles. The molecule has 0 bridgehead atoms. The third-order valence-electron chi connectivity index (χ3n) is 3.79. The number of sulfone groups is 1. The zero-order chi connectivity index (χ0) is 12.8. The highest BCUT2D eigenvalue weighted by Crippen LogP contribution is 2.33. The largest absolute Gasteiger partial charge is 0.309 e. The van der Waals surface area contributed by atoms with Crippen LogP contribution in [0, 0.1) is 6.92 Å². The van der Waals surface area contributed by atoms with Crippen LogP contribution < -0.4 is 5.32 Å². The summed E-state index contributed by atoms with van der Waals surface area (Å²) in [5.41, 5.74) is 1.81. The number of benzene rings is 1. The second-order valence-corrected chi connectivity index (χ2v) is 7.14. The first-order chi connectivity index (χ1) is 8.57. The molecule has 1 fully saturated rings. The molecular weight excluding hydrogens is 246 g/mol. The van der Waals surface area contributed by atoms with E-state index in [9.17, 15) is 8.42 Å². The Balaban J connectivity index is 1.85. The SMILES string of the molecule is Cc1ccc2c(c1)S(=O)(=O)C(CNC1CCC1)=C2. The first-order valence-electron chi connectivity index (χ1n) is 6.37. The second-order valence-electron chi connectivity index (χ2n) is 5.16. The molecule has 0 spiro atoms. The number of nitrogens with one attached hydrogen (secondary N) is 1. The molecule has 1 aliphatic carbocycles. The number of fused-ring (bicyclic) bond motifs is 1. The molecular formula is C14H17NO2S. The molecule has 2 aliphatic rings. The maximum atomic E-state index is 12.3. The molecule has 1 saturated carbocycles. The molecule has 0 atom stereocenters. The summed E-state index contributed by atoms with van der Waals surface area (Å²) in [4.78, 5) is 0.975. The van der Waals surface area contributed by atoms with Crippen molar-refractivity contribution in [2.24, 2.45) is 0 Å². The molecule has 0 unspecified atom stereocenters. The maximum Gasteiger partial charge on any atom is 0.204 e. The fourth-order valence-corrected chi connectivity index (χ4v) is 4.01. The van der Waals surface area contributed by atoms with Gasteiger partial charge in [-0.1, -0.05) is 18.6 Å². The number of hydrogen-bond acceptors (Lipinski definition) is 3. The Bertz CT molecular complexity index is 613. The first-order valence-corrected chi connectivity index (χ1v) is 7.85. The van der Waals surface area contributed by atoms with E-state index in [2.05, 4.69) is 5.32 Å². The van der Waals surface area contributed by atoms with Gasteiger partial charge in [-0.05, 0) is 43.0 Å². The summed E-state index contributed by atoms with van der Waals surface area (Å²) in [7, 11) is -3.25. The van der Waals surface area contributed by atoms with Gasteiger partial charge in [0.2, 0.25) is 9.84 Å². The summed E-state index contributed by atoms with van der Waals surface area (Å²) in [6.07, 6.45) is 5.39. The Morgan fingerprint density at radius 2 is 2.11 bits per heavy atom. The fourth-order valence-electron chi connectivity index (χ4n) is 2.39. The Kier molecular flexibility index (Phi) is 2.79. The second kappa shape index (κ2) is 4.21. The standard InChI is InChI=1S/C14H17NO2S/c1-10-5-6-11-8-13(9-15-12-3-2-4-12)18(16,17)14(11)7-10/h5-8,12,15H,2-4,9H2,1H3. The third kappa shape index (κ3) is 1.89. The number of aryl methyl sites for hydroxylation is 1. The van der Waals surface area contributed by atoms with Gasteiger partial charge in [0.25, 0.3) is 0 Å². The highest BCUT2D eigenvalue weighted by atomic mass is 32.2. The van der Waals surface area contributed by atoms with Crippen molar-refractivity contribution in [1.82, 2.24) is 5.32 Å². The molecule has 0 radical (unpaired) electrons. The Hall–Kier alpha value is -1.13. The first kappa shape index (κ1) is 11.9. The highest BCUT2D eigenvalue weighted by Gasteiger charge is 2.30. The van der Waals surface area contributed by atoms with Crippen molar-refractivity contribution in [2.45, 2.75) is 37.1 Å². The third-order valence-corrected chi connectivity index (χ3v) is 5.68. The highest BCUT2D eigenvalue weighted by molar-refractivity contribution is 7.95. The molecule has 1 N–H and O–H groups in total. The van der Waals surface area contributed by atoms with Gasteiger partial charge in [0.05, 0.1) is 9.80 Å². The summed E-state index contributed by atoms with van der Waals surface area (Å²) >= 11 is 0. The van der Waals surface area contributed by atoms with Gasteiger partial charge in [-0.25, -0.2) is 8.42 Å². The van der Waals surface area contributed by atoms with Gasteiger partial charge >= 0.3 is 0 Å². The van der Waals surface area contributed by atoms with Crippen molar-refractivity contribution < 1.29 is 8.42 Å². The molecule has 18 heavy (non-hydrogen) atoms. The van der Waals surface area contributed by atoms with E-state index >= 15 is 0 Å². The van der Waals surface area contributed by atoms with Crippen LogP contribution in [0.3, 0.4) is 0 Å². The number of rotatable bonds is 3. The van der Waals surface area contributed by atoms with Crippen molar-refractivity contribution in [2.75, 3.05) is 6.54 Å². The van der Waals surface area contributed by atoms with Crippen LogP contribution in [0.5, 0.6) is 0 Å². The lowest BCUT2D eigenvalue weighted by Crippen LogP contribution is -2.36. The topological polar surface area (TPSA) is 46.2 Å². The van der Waals surface area contributed by atoms with Gasteiger partial charge in [0.15, 0.2) is 0 Å². The minimum atomic E-state index is -3.25. The van der Waals surface area contributed by atoms with Crippen molar-refractivity contribution in [3.05, 3.63) is 34.2 Å². The molecule has 1 aromatic rings. The van der Waals surface area contributed by atoms with Crippen LogP contribution >= 0.6 is 0 Å². The van der Waals surface area contributed by atoms with Crippen LogP contribution in [0.1, 0.15) is 30.4 Å². The summed E-state index contributed by atoms with van der Waals surface area (Å²) in [6.45, 7) is 2.38. The Morgan fingerprint density at radius 3 is 2.78 bits per heavy atom. The molecule has 3 rings (SSSR count). The van der Waals surface area contributed by atoms with Crippen LogP contribution in [0.25, 0.3) is 6.08 Å². The van der Waals surface area contributed by atoms with E-state index in [-0.39, 0.29) is 0 Å². The Labute approximate surface area is 108 Å². The van der Waals surface area contributed by atoms with Gasteiger partial charge in [0.1, 0.15) is 0 Å². The monoisotopic (exact) mass is 263 g/mol. The summed E-state index contributed by atoms with van der Waals surface area (Å²) in [6, 6.07) is 6.11. The number of hydrogen-bond donors (Lipinski definition) is 1. The van der Waals surface area contributed by atoms with E-state index in [4.69, 9.17) is 0 Å². The molecule has 0 saturated heterocycles. The van der Waals surface area contributed by atoms with Crippen LogP contribution in [0.15, 0.2) is 28.0 Å². The summed E-state index contributed by atoms with van der Waals surface area (Å²) in [5.74, 6) is 0. The van der Waals surface area contributed by atoms with Gasteiger partial charge < -0.3 is 5.32 Å². The molecule has 96 valence electrons. The molecule has 3 nitrogen and oxygen atoms in total. The van der Waals surface area contributed by atoms with E-state index in [0.717, 1.165) is 11.1 Å². The summed E-state index contributed by atoms with van der Waals surface area (Å²) < 4.78 is 24.7. The van der Waals surface area contributed by atoms with Gasteiger partial charge in [-0.3, -0.25) is 0 Å². The van der Waals surface area contributed by atoms with Crippen LogP contribution in [0.4, 0.5) is 0 Å². The molecule has 0 aromatic heterocycles. The van der Waals surface area contributed by atoms with E-state index in [1.54, 1.807) is 12.1 Å². The van der Waals surface area contributed by atoms with Crippen molar-refractivity contribution in [1.29, 1.82) is 0 Å². The van der Waals surface area contributed by atoms with Crippen molar-refractivity contribution in [3.63, 3.8) is 0 Å². The molecule has 0 amide bonds. The quantitative estimate of drug-likeness (QED) is 0.910. The lowest BCUT2D eigenvalue weighted by molar-refractivity contribution is 0.351. The zero-order valence-electron chi connectivity index (χ0n) is 10.4. The van der Waals surface area contributed by atoms with Crippen LogP contribution in [0.2, 0.25) is 0 Å². The smallest absolute Gasteiger partial charge is 0.204 e. The van der Waals surface area contributed by atoms with E-state index < -0.39 is 9.84 Å². The van der Waals surface area contributed by atoms with E-state index in [0.29, 0.717) is 22.4 Å². The zero-order valence-corrected chi connectivity index (χ0v) is 11.3. The molecule has 1 aliphatic heterocycles. The van der Waals surface area contributed by atoms with E-state index in [1.807, 2.05) is 19.1 Å². The lowest BCUT2D eigenvalue weighted by Gasteiger charge is -2.26. The van der Waals surface area contributed by atoms with Crippen LogP contribution in [-0.4, -0.2) is 21.0 Å². The Morgan fingerprint density at radius 1 is 1.33 bits per heavy atom. The van der Waals surface area contributed by atoms with Gasteiger partial charge in [0, 0.05) is 12.6 Å². The van der Waals surface area contributed by atoms with Crippen LogP contribution in [-0.2, 0) is 9.84 Å². The van der Waals surface area contributed by atoms with Gasteiger partial charge in [-0.2, -0.15) is 0 Å². The minimum Gasteiger partial charge on any atom is -0.309 e. The average molecular weight is 263 g/mol. The predicted molar refractivity (Wildman–Crippen MR) is 72.0 cm³/mol. The minimum absolute atomic E-state index is 0.459. The molecule has 4 heteroatoms. The normalized spacial score (nSPS) is 21.3. The fraction of sp³-hybridized carbons (Fsp3) is 0.429. The van der Waals surface area contributed by atoms with Crippen molar-refractivity contribution >= 4 is 15.9 Å². The maximum absolute atomic E-state index is 12.3. The van der Waals surface area contributed by atoms with Gasteiger partial charge in [-0.15, -0.1) is 0 Å². The summed E-state index contributed by atoms with van der Waals surface area (Å²) in [5, 5.41) is 3.32. The van der Waals surface area contributed by atoms with E-state index in [1.165, 1.54) is 19.3 Å². The van der Waals surface area contributed by atoms with Crippen molar-refractivity contribution in [3.8, 4) is 0 Å². The predicted octanol–water partition coefficient (Wildman–Crippen LogP) is 2.27. The average Bonchev–Trinajstić information content (AvgIpc) is 2.50. The lowest BCUT2D eigenvalue weighted by atomic mass is 9.93.